The Hall–Kier alpha value is -1.75. The molecule has 2 rings (SSSR count). The number of benzene rings is 1. The van der Waals surface area contributed by atoms with Gasteiger partial charge >= 0.3 is 5.97 Å². The van der Waals surface area contributed by atoms with Gasteiger partial charge in [-0.15, -0.1) is 0 Å². The second-order valence-electron chi connectivity index (χ2n) is 4.11. The highest BCUT2D eigenvalue weighted by Gasteiger charge is 2.16. The average Bonchev–Trinajstić information content (AvgIpc) is 2.81. The minimum Gasteiger partial charge on any atom is -0.477 e. The Morgan fingerprint density at radius 2 is 2.16 bits per heavy atom. The van der Waals surface area contributed by atoms with Crippen LogP contribution in [-0.2, 0) is 6.42 Å². The molecule has 0 radical (unpaired) electrons. The molecule has 0 saturated carbocycles. The van der Waals surface area contributed by atoms with E-state index >= 15 is 0 Å². The van der Waals surface area contributed by atoms with Crippen molar-refractivity contribution in [2.45, 2.75) is 6.42 Å². The van der Waals surface area contributed by atoms with Crippen LogP contribution in [0.25, 0.3) is 11.3 Å². The summed E-state index contributed by atoms with van der Waals surface area (Å²) in [4.78, 5) is 14.0. The van der Waals surface area contributed by atoms with Gasteiger partial charge in [0.25, 0.3) is 0 Å². The molecule has 19 heavy (non-hydrogen) atoms. The summed E-state index contributed by atoms with van der Waals surface area (Å²) in [6.07, 6.45) is 2.61. The van der Waals surface area contributed by atoms with Gasteiger partial charge < -0.3 is 10.1 Å². The predicted molar refractivity (Wildman–Crippen MR) is 75.2 cm³/mol. The van der Waals surface area contributed by atoms with Crippen LogP contribution in [0.3, 0.4) is 0 Å². The Labute approximate surface area is 114 Å². The number of hydrogen-bond donors (Lipinski definition) is 2. The number of rotatable bonds is 5. The molecule has 0 aliphatic heterocycles. The zero-order valence-corrected chi connectivity index (χ0v) is 11.3. The first-order valence-electron chi connectivity index (χ1n) is 5.82. The highest BCUT2D eigenvalue weighted by atomic mass is 32.2. The van der Waals surface area contributed by atoms with E-state index in [-0.39, 0.29) is 11.5 Å². The Kier molecular flexibility index (Phi) is 4.27. The van der Waals surface area contributed by atoms with E-state index in [9.17, 15) is 9.18 Å². The largest absolute Gasteiger partial charge is 0.477 e. The van der Waals surface area contributed by atoms with Crippen molar-refractivity contribution in [3.63, 3.8) is 0 Å². The number of aromatic nitrogens is 1. The summed E-state index contributed by atoms with van der Waals surface area (Å²) in [5.74, 6) is -0.551. The highest BCUT2D eigenvalue weighted by molar-refractivity contribution is 7.98. The van der Waals surface area contributed by atoms with Crippen LogP contribution in [0.1, 0.15) is 16.1 Å². The van der Waals surface area contributed by atoms with Crippen molar-refractivity contribution in [2.24, 2.45) is 0 Å². The van der Waals surface area contributed by atoms with Gasteiger partial charge in [0, 0.05) is 11.3 Å². The van der Waals surface area contributed by atoms with Crippen LogP contribution in [0.2, 0.25) is 0 Å². The van der Waals surface area contributed by atoms with Gasteiger partial charge in [0.1, 0.15) is 11.5 Å². The molecule has 0 aliphatic rings. The van der Waals surface area contributed by atoms with Crippen LogP contribution in [-0.4, -0.2) is 28.1 Å². The molecule has 0 fully saturated rings. The SMILES string of the molecule is CSCCc1cc(-c2ccccc2F)[nH]c1C(=O)O. The van der Waals surface area contributed by atoms with E-state index in [0.29, 0.717) is 23.2 Å². The summed E-state index contributed by atoms with van der Waals surface area (Å²) < 4.78 is 13.7. The molecule has 1 heterocycles. The zero-order chi connectivity index (χ0) is 13.8. The number of carboxylic acid groups (broad SMARTS) is 1. The Balaban J connectivity index is 2.43. The van der Waals surface area contributed by atoms with E-state index in [2.05, 4.69) is 4.98 Å². The van der Waals surface area contributed by atoms with Gasteiger partial charge in [-0.25, -0.2) is 9.18 Å². The predicted octanol–water partition coefficient (Wildman–Crippen LogP) is 3.42. The van der Waals surface area contributed by atoms with Gasteiger partial charge in [-0.1, -0.05) is 12.1 Å². The summed E-state index contributed by atoms with van der Waals surface area (Å²) in [7, 11) is 0. The minimum absolute atomic E-state index is 0.146. The second-order valence-corrected chi connectivity index (χ2v) is 5.10. The maximum atomic E-state index is 13.7. The number of thioether (sulfide) groups is 1. The molecule has 1 aromatic carbocycles. The number of H-pyrrole nitrogens is 1. The van der Waals surface area contributed by atoms with Crippen molar-refractivity contribution in [3.8, 4) is 11.3 Å². The Morgan fingerprint density at radius 1 is 1.42 bits per heavy atom. The molecule has 100 valence electrons. The fraction of sp³-hybridized carbons (Fsp3) is 0.214. The molecule has 0 spiro atoms. The molecular weight excluding hydrogens is 265 g/mol. The smallest absolute Gasteiger partial charge is 0.352 e. The van der Waals surface area contributed by atoms with Crippen molar-refractivity contribution in [1.82, 2.24) is 4.98 Å². The third-order valence-corrected chi connectivity index (χ3v) is 3.47. The quantitative estimate of drug-likeness (QED) is 0.881. The number of halogens is 1. The lowest BCUT2D eigenvalue weighted by Gasteiger charge is -1.98. The van der Waals surface area contributed by atoms with Gasteiger partial charge in [0.05, 0.1) is 0 Å². The molecule has 3 nitrogen and oxygen atoms in total. The molecule has 5 heteroatoms. The van der Waals surface area contributed by atoms with Crippen molar-refractivity contribution >= 4 is 17.7 Å². The third kappa shape index (κ3) is 2.98. The number of aromatic amines is 1. The van der Waals surface area contributed by atoms with Crippen LogP contribution >= 0.6 is 11.8 Å². The maximum Gasteiger partial charge on any atom is 0.352 e. The van der Waals surface area contributed by atoms with Crippen molar-refractivity contribution in [1.29, 1.82) is 0 Å². The number of carbonyl (C=O) groups is 1. The number of hydrogen-bond acceptors (Lipinski definition) is 2. The monoisotopic (exact) mass is 279 g/mol. The van der Waals surface area contributed by atoms with Crippen LogP contribution in [0.15, 0.2) is 30.3 Å². The summed E-state index contributed by atoms with van der Waals surface area (Å²) in [5.41, 5.74) is 1.75. The molecule has 0 bridgehead atoms. The topological polar surface area (TPSA) is 53.1 Å². The van der Waals surface area contributed by atoms with Gasteiger partial charge in [-0.05, 0) is 42.2 Å². The summed E-state index contributed by atoms with van der Waals surface area (Å²) in [6.45, 7) is 0. The molecular formula is C14H14FNO2S. The van der Waals surface area contributed by atoms with Gasteiger partial charge in [-0.2, -0.15) is 11.8 Å². The van der Waals surface area contributed by atoms with Crippen LogP contribution < -0.4 is 0 Å². The molecule has 1 aromatic heterocycles. The highest BCUT2D eigenvalue weighted by Crippen LogP contribution is 2.25. The third-order valence-electron chi connectivity index (χ3n) is 2.85. The van der Waals surface area contributed by atoms with E-state index in [1.54, 1.807) is 36.0 Å². The van der Waals surface area contributed by atoms with E-state index in [1.807, 2.05) is 6.26 Å². The number of nitrogens with one attached hydrogen (secondary N) is 1. The van der Waals surface area contributed by atoms with E-state index in [1.165, 1.54) is 6.07 Å². The first-order valence-corrected chi connectivity index (χ1v) is 7.22. The van der Waals surface area contributed by atoms with Crippen molar-refractivity contribution in [3.05, 3.63) is 47.4 Å². The van der Waals surface area contributed by atoms with Crippen molar-refractivity contribution < 1.29 is 14.3 Å². The normalized spacial score (nSPS) is 10.6. The lowest BCUT2D eigenvalue weighted by Crippen LogP contribution is -2.02. The lowest BCUT2D eigenvalue weighted by molar-refractivity contribution is 0.0690. The second kappa shape index (κ2) is 5.93. The lowest BCUT2D eigenvalue weighted by atomic mass is 10.1. The minimum atomic E-state index is -1.02. The maximum absolute atomic E-state index is 13.7. The number of aromatic carboxylic acids is 1. The fourth-order valence-corrected chi connectivity index (χ4v) is 2.35. The molecule has 0 saturated heterocycles. The van der Waals surface area contributed by atoms with E-state index < -0.39 is 5.97 Å². The van der Waals surface area contributed by atoms with Crippen LogP contribution in [0.5, 0.6) is 0 Å². The number of carboxylic acids is 1. The Morgan fingerprint density at radius 3 is 2.79 bits per heavy atom. The average molecular weight is 279 g/mol. The molecule has 0 atom stereocenters. The molecule has 0 unspecified atom stereocenters. The molecule has 0 amide bonds. The van der Waals surface area contributed by atoms with Gasteiger partial charge in [0.15, 0.2) is 0 Å². The molecule has 2 N–H and O–H groups in total. The molecule has 2 aromatic rings. The summed E-state index contributed by atoms with van der Waals surface area (Å²) >= 11 is 1.64. The van der Waals surface area contributed by atoms with Crippen molar-refractivity contribution in [2.75, 3.05) is 12.0 Å². The summed E-state index contributed by atoms with van der Waals surface area (Å²) in [5, 5.41) is 9.16. The summed E-state index contributed by atoms with van der Waals surface area (Å²) in [6, 6.07) is 8.04. The van der Waals surface area contributed by atoms with Gasteiger partial charge in [0.2, 0.25) is 0 Å². The van der Waals surface area contributed by atoms with Gasteiger partial charge in [-0.3, -0.25) is 0 Å². The Bertz CT molecular complexity index is 595. The first kappa shape index (κ1) is 13.7. The molecule has 0 aliphatic carbocycles. The van der Waals surface area contributed by atoms with Crippen LogP contribution in [0, 0.1) is 5.82 Å². The first-order chi connectivity index (χ1) is 9.13. The van der Waals surface area contributed by atoms with E-state index in [0.717, 1.165) is 5.75 Å². The zero-order valence-electron chi connectivity index (χ0n) is 10.4. The van der Waals surface area contributed by atoms with E-state index in [4.69, 9.17) is 5.11 Å². The fourth-order valence-electron chi connectivity index (χ4n) is 1.92. The number of aryl methyl sites for hydroxylation is 1. The standard InChI is InChI=1S/C14H14FNO2S/c1-19-7-6-9-8-12(16-13(9)14(17)18)10-4-2-3-5-11(10)15/h2-5,8,16H,6-7H2,1H3,(H,17,18). The van der Waals surface area contributed by atoms with Crippen LogP contribution in [0.4, 0.5) is 4.39 Å².